The number of hydroxylamine groups is 1. The van der Waals surface area contributed by atoms with Gasteiger partial charge >= 0.3 is 5.97 Å². The third kappa shape index (κ3) is 5.80. The lowest BCUT2D eigenvalue weighted by Gasteiger charge is -2.33. The highest BCUT2D eigenvalue weighted by Crippen LogP contribution is 2.26. The van der Waals surface area contributed by atoms with E-state index in [1.807, 2.05) is 18.5 Å². The lowest BCUT2D eigenvalue weighted by molar-refractivity contribution is -0.136. The maximum Gasteiger partial charge on any atom is 0.307 e. The van der Waals surface area contributed by atoms with Crippen molar-refractivity contribution in [2.75, 3.05) is 36.0 Å². The standard InChI is InChI=1S/C24H29F2N5O3/c1-2-16-14-27-24(28-15-16)31-9-5-19(6-10-31)34-29-18-3-7-30(8-4-18)22-13-20(25)17(11-21(22)26)12-23(32)33/h3,11,13-15,19,29H,2,4-10,12H2,1H3,(H,32,33). The van der Waals surface area contributed by atoms with Gasteiger partial charge in [-0.1, -0.05) is 6.92 Å². The lowest BCUT2D eigenvalue weighted by atomic mass is 10.1. The molecule has 1 aromatic carbocycles. The van der Waals surface area contributed by atoms with Gasteiger partial charge < -0.3 is 14.9 Å². The van der Waals surface area contributed by atoms with Crippen LogP contribution in [0.5, 0.6) is 0 Å². The number of nitrogens with one attached hydrogen (secondary N) is 1. The number of hydrogen-bond acceptors (Lipinski definition) is 7. The molecule has 0 spiro atoms. The summed E-state index contributed by atoms with van der Waals surface area (Å²) in [5, 5.41) is 8.82. The highest BCUT2D eigenvalue weighted by molar-refractivity contribution is 5.70. The zero-order chi connectivity index (χ0) is 24.1. The second-order valence-corrected chi connectivity index (χ2v) is 8.54. The van der Waals surface area contributed by atoms with Gasteiger partial charge in [0, 0.05) is 62.3 Å². The van der Waals surface area contributed by atoms with Gasteiger partial charge in [-0.3, -0.25) is 15.1 Å². The van der Waals surface area contributed by atoms with E-state index >= 15 is 0 Å². The molecule has 0 aliphatic carbocycles. The second kappa shape index (κ2) is 10.8. The minimum Gasteiger partial charge on any atom is -0.481 e. The number of aliphatic carboxylic acids is 1. The van der Waals surface area contributed by atoms with Crippen LogP contribution in [-0.2, 0) is 22.5 Å². The summed E-state index contributed by atoms with van der Waals surface area (Å²) >= 11 is 0. The van der Waals surface area contributed by atoms with Crippen molar-refractivity contribution in [3.8, 4) is 0 Å². The minimum absolute atomic E-state index is 0.0680. The first-order valence-electron chi connectivity index (χ1n) is 11.5. The Labute approximate surface area is 197 Å². The van der Waals surface area contributed by atoms with Gasteiger partial charge in [-0.05, 0) is 37.0 Å². The monoisotopic (exact) mass is 473 g/mol. The molecule has 2 N–H and O–H groups in total. The summed E-state index contributed by atoms with van der Waals surface area (Å²) in [4.78, 5) is 29.5. The molecular formula is C24H29F2N5O3. The van der Waals surface area contributed by atoms with Crippen LogP contribution in [0.3, 0.4) is 0 Å². The molecule has 2 aromatic rings. The number of halogens is 2. The highest BCUT2D eigenvalue weighted by Gasteiger charge is 2.23. The molecule has 10 heteroatoms. The maximum absolute atomic E-state index is 14.5. The summed E-state index contributed by atoms with van der Waals surface area (Å²) < 4.78 is 28.7. The predicted octanol–water partition coefficient (Wildman–Crippen LogP) is 3.23. The third-order valence-electron chi connectivity index (χ3n) is 6.19. The molecule has 0 bridgehead atoms. The molecule has 0 unspecified atom stereocenters. The molecule has 0 atom stereocenters. The number of nitrogens with zero attached hydrogens (tertiary/aromatic N) is 4. The smallest absolute Gasteiger partial charge is 0.307 e. The van der Waals surface area contributed by atoms with Crippen LogP contribution in [0.25, 0.3) is 0 Å². The summed E-state index contributed by atoms with van der Waals surface area (Å²) in [6, 6.07) is 2.04. The Morgan fingerprint density at radius 2 is 1.88 bits per heavy atom. The SMILES string of the molecule is CCc1cnc(N2CCC(ONC3=CCN(c4cc(F)c(CC(=O)O)cc4F)CC3)CC2)nc1. The van der Waals surface area contributed by atoms with E-state index in [2.05, 4.69) is 27.3 Å². The first kappa shape index (κ1) is 23.9. The van der Waals surface area contributed by atoms with Crippen LogP contribution >= 0.6 is 0 Å². The van der Waals surface area contributed by atoms with E-state index in [0.717, 1.165) is 61.7 Å². The number of aromatic nitrogens is 2. The van der Waals surface area contributed by atoms with Gasteiger partial charge in [-0.15, -0.1) is 0 Å². The number of piperidine rings is 1. The number of carbonyl (C=O) groups is 1. The summed E-state index contributed by atoms with van der Waals surface area (Å²) in [5.41, 5.74) is 5.03. The summed E-state index contributed by atoms with van der Waals surface area (Å²) in [6.07, 6.45) is 8.35. The minimum atomic E-state index is -1.20. The molecule has 0 saturated carbocycles. The molecule has 182 valence electrons. The molecular weight excluding hydrogens is 444 g/mol. The molecule has 2 aliphatic heterocycles. The zero-order valence-corrected chi connectivity index (χ0v) is 19.1. The predicted molar refractivity (Wildman–Crippen MR) is 123 cm³/mol. The first-order valence-corrected chi connectivity index (χ1v) is 11.5. The Morgan fingerprint density at radius 3 is 2.50 bits per heavy atom. The molecule has 34 heavy (non-hydrogen) atoms. The van der Waals surface area contributed by atoms with E-state index in [1.165, 1.54) is 0 Å². The van der Waals surface area contributed by atoms with Crippen LogP contribution < -0.4 is 15.3 Å². The van der Waals surface area contributed by atoms with Gasteiger partial charge in [0.05, 0.1) is 18.2 Å². The van der Waals surface area contributed by atoms with Crippen molar-refractivity contribution in [1.29, 1.82) is 0 Å². The van der Waals surface area contributed by atoms with Gasteiger partial charge in [0.15, 0.2) is 0 Å². The van der Waals surface area contributed by atoms with Crippen LogP contribution in [0, 0.1) is 11.6 Å². The van der Waals surface area contributed by atoms with Gasteiger partial charge in [0.1, 0.15) is 11.6 Å². The first-order chi connectivity index (χ1) is 16.4. The average Bonchev–Trinajstić information content (AvgIpc) is 2.85. The number of rotatable bonds is 8. The summed E-state index contributed by atoms with van der Waals surface area (Å²) in [7, 11) is 0. The number of carboxylic acids is 1. The van der Waals surface area contributed by atoms with Crippen molar-refractivity contribution in [3.63, 3.8) is 0 Å². The fraction of sp³-hybridized carbons (Fsp3) is 0.458. The average molecular weight is 474 g/mol. The van der Waals surface area contributed by atoms with E-state index in [4.69, 9.17) is 9.94 Å². The maximum atomic E-state index is 14.5. The van der Waals surface area contributed by atoms with Crippen molar-refractivity contribution < 1.29 is 23.5 Å². The number of hydrogen-bond donors (Lipinski definition) is 2. The van der Waals surface area contributed by atoms with E-state index < -0.39 is 24.0 Å². The van der Waals surface area contributed by atoms with Crippen molar-refractivity contribution in [2.45, 2.75) is 45.1 Å². The number of benzene rings is 1. The molecule has 3 heterocycles. The van der Waals surface area contributed by atoms with Crippen molar-refractivity contribution in [1.82, 2.24) is 15.4 Å². The molecule has 0 amide bonds. The Morgan fingerprint density at radius 1 is 1.15 bits per heavy atom. The number of aryl methyl sites for hydroxylation is 1. The second-order valence-electron chi connectivity index (χ2n) is 8.54. The molecule has 0 radical (unpaired) electrons. The van der Waals surface area contributed by atoms with Crippen LogP contribution in [-0.4, -0.2) is 53.3 Å². The lowest BCUT2D eigenvalue weighted by Crippen LogP contribution is -2.40. The van der Waals surface area contributed by atoms with Crippen molar-refractivity contribution >= 4 is 17.6 Å². The fourth-order valence-electron chi connectivity index (χ4n) is 4.13. The topological polar surface area (TPSA) is 90.8 Å². The van der Waals surface area contributed by atoms with Crippen LogP contribution in [0.15, 0.2) is 36.3 Å². The molecule has 1 fully saturated rings. The number of carboxylic acid groups (broad SMARTS) is 1. The van der Waals surface area contributed by atoms with Crippen molar-refractivity contribution in [2.24, 2.45) is 0 Å². The van der Waals surface area contributed by atoms with E-state index in [-0.39, 0.29) is 17.4 Å². The van der Waals surface area contributed by atoms with Crippen LogP contribution in [0.1, 0.15) is 37.3 Å². The molecule has 4 rings (SSSR count). The molecule has 1 aromatic heterocycles. The Kier molecular flexibility index (Phi) is 7.56. The Hall–Kier alpha value is -3.27. The van der Waals surface area contributed by atoms with E-state index in [9.17, 15) is 13.6 Å². The Bertz CT molecular complexity index is 1040. The number of anilines is 2. The normalized spacial score (nSPS) is 17.0. The zero-order valence-electron chi connectivity index (χ0n) is 19.1. The largest absolute Gasteiger partial charge is 0.481 e. The van der Waals surface area contributed by atoms with Gasteiger partial charge in [0.2, 0.25) is 5.95 Å². The van der Waals surface area contributed by atoms with Crippen molar-refractivity contribution in [3.05, 3.63) is 59.1 Å². The molecule has 2 aliphatic rings. The third-order valence-corrected chi connectivity index (χ3v) is 6.19. The Balaban J connectivity index is 1.25. The van der Waals surface area contributed by atoms with Crippen LogP contribution in [0.2, 0.25) is 0 Å². The molecule has 8 nitrogen and oxygen atoms in total. The highest BCUT2D eigenvalue weighted by atomic mass is 19.1. The summed E-state index contributed by atoms with van der Waals surface area (Å²) in [6.45, 7) is 4.58. The van der Waals surface area contributed by atoms with Crippen LogP contribution in [0.4, 0.5) is 20.4 Å². The van der Waals surface area contributed by atoms with Gasteiger partial charge in [-0.2, -0.15) is 0 Å². The van der Waals surface area contributed by atoms with E-state index in [0.29, 0.717) is 19.5 Å². The van der Waals surface area contributed by atoms with Gasteiger partial charge in [-0.25, -0.2) is 18.7 Å². The molecule has 1 saturated heterocycles. The summed E-state index contributed by atoms with van der Waals surface area (Å²) in [5.74, 6) is -1.79. The van der Waals surface area contributed by atoms with Gasteiger partial charge in [0.25, 0.3) is 0 Å². The van der Waals surface area contributed by atoms with E-state index in [1.54, 1.807) is 4.90 Å². The fourth-order valence-corrected chi connectivity index (χ4v) is 4.13. The quantitative estimate of drug-likeness (QED) is 0.565.